The summed E-state index contributed by atoms with van der Waals surface area (Å²) in [6.07, 6.45) is 1.36. The number of aliphatic hydroxyl groups excluding tert-OH is 1. The lowest BCUT2D eigenvalue weighted by Gasteiger charge is -2.21. The normalized spacial score (nSPS) is 14.8. The number of ether oxygens (including phenoxy) is 1. The van der Waals surface area contributed by atoms with E-state index in [9.17, 15) is 0 Å². The Morgan fingerprint density at radius 3 is 1.92 bits per heavy atom. The highest BCUT2D eigenvalue weighted by atomic mass is 16.5. The molecule has 0 radical (unpaired) electrons. The number of aliphatic hydroxyl groups is 1. The molecule has 84 valence electrons. The van der Waals surface area contributed by atoms with Gasteiger partial charge in [0.1, 0.15) is 0 Å². The van der Waals surface area contributed by atoms with Crippen LogP contribution in [0.25, 0.3) is 0 Å². The van der Waals surface area contributed by atoms with Crippen LogP contribution in [0.15, 0.2) is 0 Å². The fraction of sp³-hybridized carbons (Fsp3) is 1.00. The van der Waals surface area contributed by atoms with Crippen LogP contribution >= 0.6 is 0 Å². The van der Waals surface area contributed by atoms with Gasteiger partial charge in [-0.1, -0.05) is 20.8 Å². The zero-order valence-electron chi connectivity index (χ0n) is 10.0. The van der Waals surface area contributed by atoms with Crippen LogP contribution in [0.5, 0.6) is 0 Å². The van der Waals surface area contributed by atoms with E-state index in [1.54, 1.807) is 0 Å². The zero-order valence-corrected chi connectivity index (χ0v) is 10.0. The molecule has 2 nitrogen and oxygen atoms in total. The minimum atomic E-state index is 0. The number of hydrogen-bond acceptors (Lipinski definition) is 2. The lowest BCUT2D eigenvalue weighted by molar-refractivity contribution is -0.0159. The minimum absolute atomic E-state index is 0. The summed E-state index contributed by atoms with van der Waals surface area (Å²) in [6, 6.07) is 0. The summed E-state index contributed by atoms with van der Waals surface area (Å²) in [5.74, 6) is 0.447. The largest absolute Gasteiger partial charge is 0.396 e. The van der Waals surface area contributed by atoms with Gasteiger partial charge >= 0.3 is 0 Å². The van der Waals surface area contributed by atoms with Gasteiger partial charge in [-0.15, -0.1) is 0 Å². The van der Waals surface area contributed by atoms with Crippen molar-refractivity contribution in [3.8, 4) is 0 Å². The molecule has 0 aliphatic carbocycles. The van der Waals surface area contributed by atoms with Gasteiger partial charge in [0, 0.05) is 8.03 Å². The lowest BCUT2D eigenvalue weighted by Crippen LogP contribution is -2.22. The second-order valence-electron chi connectivity index (χ2n) is 3.38. The Morgan fingerprint density at radius 2 is 1.62 bits per heavy atom. The van der Waals surface area contributed by atoms with Gasteiger partial charge in [0.15, 0.2) is 0 Å². The van der Waals surface area contributed by atoms with Crippen LogP contribution in [-0.4, -0.2) is 23.9 Å². The standard InChI is InChI=1S/C9H20O2.C2H6.H2/c1-7(2)11-9(4)8(3)5-6-10;1-2;/h7-10H,5-6H2,1-4H3;1-2H3;1H/t8-,9?;;/m1../s1. The van der Waals surface area contributed by atoms with Crippen LogP contribution < -0.4 is 0 Å². The number of hydrogen-bond donors (Lipinski definition) is 1. The SMILES string of the molecule is CC.CC(C)OC(C)[C@H](C)CCO.[HH]. The molecule has 0 bridgehead atoms. The van der Waals surface area contributed by atoms with E-state index >= 15 is 0 Å². The Hall–Kier alpha value is -0.0800. The maximum atomic E-state index is 8.66. The summed E-state index contributed by atoms with van der Waals surface area (Å²) in [5, 5.41) is 8.66. The maximum Gasteiger partial charge on any atom is 0.0576 e. The van der Waals surface area contributed by atoms with Crippen molar-refractivity contribution in [2.75, 3.05) is 6.61 Å². The highest BCUT2D eigenvalue weighted by Gasteiger charge is 2.12. The molecule has 0 saturated carbocycles. The minimum Gasteiger partial charge on any atom is -0.396 e. The van der Waals surface area contributed by atoms with E-state index in [1.165, 1.54) is 0 Å². The van der Waals surface area contributed by atoms with Gasteiger partial charge in [0.25, 0.3) is 0 Å². The first kappa shape index (κ1) is 15.4. The van der Waals surface area contributed by atoms with Crippen LogP contribution in [0.1, 0.15) is 49.4 Å². The van der Waals surface area contributed by atoms with Gasteiger partial charge < -0.3 is 9.84 Å². The third-order valence-electron chi connectivity index (χ3n) is 1.87. The van der Waals surface area contributed by atoms with E-state index in [1.807, 2.05) is 27.7 Å². The van der Waals surface area contributed by atoms with Crippen molar-refractivity contribution in [1.29, 1.82) is 0 Å². The number of rotatable bonds is 5. The molecule has 1 unspecified atom stereocenters. The molecule has 0 aromatic carbocycles. The fourth-order valence-electron chi connectivity index (χ4n) is 1.00. The van der Waals surface area contributed by atoms with Gasteiger partial charge in [-0.2, -0.15) is 0 Å². The van der Waals surface area contributed by atoms with Crippen molar-refractivity contribution in [2.24, 2.45) is 5.92 Å². The second-order valence-corrected chi connectivity index (χ2v) is 3.38. The van der Waals surface area contributed by atoms with E-state index in [0.29, 0.717) is 5.92 Å². The molecule has 0 aromatic heterocycles. The van der Waals surface area contributed by atoms with Gasteiger partial charge in [-0.25, -0.2) is 0 Å². The highest BCUT2D eigenvalue weighted by Crippen LogP contribution is 2.12. The average molecular weight is 192 g/mol. The van der Waals surface area contributed by atoms with Gasteiger partial charge in [0.05, 0.1) is 12.2 Å². The van der Waals surface area contributed by atoms with Crippen LogP contribution in [-0.2, 0) is 4.74 Å². The monoisotopic (exact) mass is 192 g/mol. The molecule has 0 aromatic rings. The first-order valence-corrected chi connectivity index (χ1v) is 5.34. The summed E-state index contributed by atoms with van der Waals surface area (Å²) in [4.78, 5) is 0. The molecule has 0 fully saturated rings. The third kappa shape index (κ3) is 9.84. The van der Waals surface area contributed by atoms with Crippen molar-refractivity contribution in [1.82, 2.24) is 0 Å². The van der Waals surface area contributed by atoms with Gasteiger partial charge in [-0.05, 0) is 33.1 Å². The molecule has 0 aliphatic rings. The van der Waals surface area contributed by atoms with E-state index in [4.69, 9.17) is 9.84 Å². The van der Waals surface area contributed by atoms with E-state index in [0.717, 1.165) is 6.42 Å². The first-order chi connectivity index (χ1) is 6.07. The first-order valence-electron chi connectivity index (χ1n) is 5.34. The van der Waals surface area contributed by atoms with Crippen LogP contribution in [0.4, 0.5) is 0 Å². The summed E-state index contributed by atoms with van der Waals surface area (Å²) in [7, 11) is 0. The molecule has 0 rings (SSSR count). The van der Waals surface area contributed by atoms with E-state index < -0.39 is 0 Å². The molecule has 2 heteroatoms. The summed E-state index contributed by atoms with van der Waals surface area (Å²) in [6.45, 7) is 12.5. The van der Waals surface area contributed by atoms with Crippen molar-refractivity contribution in [3.05, 3.63) is 0 Å². The topological polar surface area (TPSA) is 29.5 Å². The van der Waals surface area contributed by atoms with Gasteiger partial charge in [-0.3, -0.25) is 0 Å². The van der Waals surface area contributed by atoms with Crippen LogP contribution in [0, 0.1) is 5.92 Å². The fourth-order valence-corrected chi connectivity index (χ4v) is 1.00. The van der Waals surface area contributed by atoms with E-state index in [-0.39, 0.29) is 20.2 Å². The predicted molar refractivity (Wildman–Crippen MR) is 60.0 cm³/mol. The summed E-state index contributed by atoms with van der Waals surface area (Å²) >= 11 is 0. The summed E-state index contributed by atoms with van der Waals surface area (Å²) in [5.41, 5.74) is 0. The Morgan fingerprint density at radius 1 is 1.15 bits per heavy atom. The Labute approximate surface area is 84.8 Å². The van der Waals surface area contributed by atoms with Crippen molar-refractivity contribution in [2.45, 2.75) is 60.2 Å². The second kappa shape index (κ2) is 10.0. The molecule has 13 heavy (non-hydrogen) atoms. The van der Waals surface area contributed by atoms with E-state index in [2.05, 4.69) is 13.8 Å². The molecule has 0 saturated heterocycles. The Balaban J connectivity index is -0.000000376. The quantitative estimate of drug-likeness (QED) is 0.725. The van der Waals surface area contributed by atoms with Crippen LogP contribution in [0.2, 0.25) is 0 Å². The van der Waals surface area contributed by atoms with Gasteiger partial charge in [0.2, 0.25) is 0 Å². The molecule has 0 spiro atoms. The highest BCUT2D eigenvalue weighted by molar-refractivity contribution is 4.61. The summed E-state index contributed by atoms with van der Waals surface area (Å²) < 4.78 is 5.55. The smallest absolute Gasteiger partial charge is 0.0576 e. The Kier molecular flexibility index (Phi) is 11.8. The third-order valence-corrected chi connectivity index (χ3v) is 1.87. The predicted octanol–water partition coefficient (Wildman–Crippen LogP) is 3.09. The molecular formula is C11H28O2. The lowest BCUT2D eigenvalue weighted by atomic mass is 10.0. The van der Waals surface area contributed by atoms with Crippen molar-refractivity contribution < 1.29 is 11.3 Å². The van der Waals surface area contributed by atoms with Crippen molar-refractivity contribution >= 4 is 0 Å². The molecule has 0 amide bonds. The molecule has 1 N–H and O–H groups in total. The van der Waals surface area contributed by atoms with Crippen molar-refractivity contribution in [3.63, 3.8) is 0 Å². The molecule has 2 atom stereocenters. The maximum absolute atomic E-state index is 8.66. The molecule has 0 aliphatic heterocycles. The molecular weight excluding hydrogens is 164 g/mol. The zero-order chi connectivity index (χ0) is 10.9. The average Bonchev–Trinajstić information content (AvgIpc) is 2.07. The van der Waals surface area contributed by atoms with Crippen LogP contribution in [0.3, 0.4) is 0 Å². The Bertz CT molecular complexity index is 97.3. The molecule has 0 heterocycles.